The molecule has 22 heavy (non-hydrogen) atoms. The van der Waals surface area contributed by atoms with Gasteiger partial charge in [0, 0.05) is 12.6 Å². The number of anilines is 2. The molecule has 2 aromatic rings. The molecule has 0 aliphatic heterocycles. The molecule has 0 unspecified atom stereocenters. The van der Waals surface area contributed by atoms with Crippen molar-refractivity contribution in [2.75, 3.05) is 10.7 Å². The summed E-state index contributed by atoms with van der Waals surface area (Å²) in [6.45, 7) is 3.22. The Morgan fingerprint density at radius 3 is 2.23 bits per heavy atom. The molecule has 0 aromatic heterocycles. The van der Waals surface area contributed by atoms with E-state index in [-0.39, 0.29) is 5.91 Å². The normalized spacial score (nSPS) is 11.5. The summed E-state index contributed by atoms with van der Waals surface area (Å²) in [5, 5.41) is 14.9. The average molecular weight is 295 g/mol. The second-order valence-electron chi connectivity index (χ2n) is 4.56. The summed E-state index contributed by atoms with van der Waals surface area (Å²) < 4.78 is 0. The van der Waals surface area contributed by atoms with Crippen LogP contribution in [0.5, 0.6) is 0 Å². The van der Waals surface area contributed by atoms with Crippen molar-refractivity contribution in [3.8, 4) is 0 Å². The highest BCUT2D eigenvalue weighted by Crippen LogP contribution is 2.16. The Balaban J connectivity index is 1.94. The summed E-state index contributed by atoms with van der Waals surface area (Å²) in [5.74, 6) is 0.402. The largest absolute Gasteiger partial charge is 0.326 e. The Kier molecular flexibility index (Phi) is 5.37. The van der Waals surface area contributed by atoms with Gasteiger partial charge in [0.15, 0.2) is 5.84 Å². The Morgan fingerprint density at radius 1 is 0.909 bits per heavy atom. The van der Waals surface area contributed by atoms with E-state index in [0.717, 1.165) is 11.4 Å². The molecule has 1 amide bonds. The Labute approximate surface area is 129 Å². The summed E-state index contributed by atoms with van der Waals surface area (Å²) in [6.07, 6.45) is 0. The van der Waals surface area contributed by atoms with E-state index < -0.39 is 0 Å². The maximum atomic E-state index is 10.9. The fourth-order valence-electron chi connectivity index (χ4n) is 1.63. The third-order valence-corrected chi connectivity index (χ3v) is 2.62. The Morgan fingerprint density at radius 2 is 1.59 bits per heavy atom. The first-order valence-electron chi connectivity index (χ1n) is 6.78. The SMILES string of the molecule is CC(=O)Nc1ccc(N=NC(C)=NNc2ccccc2)cc1. The van der Waals surface area contributed by atoms with Gasteiger partial charge in [-0.2, -0.15) is 5.10 Å². The number of rotatable bonds is 4. The van der Waals surface area contributed by atoms with Crippen LogP contribution in [0.2, 0.25) is 0 Å². The van der Waals surface area contributed by atoms with Crippen LogP contribution >= 0.6 is 0 Å². The second-order valence-corrected chi connectivity index (χ2v) is 4.56. The van der Waals surface area contributed by atoms with Gasteiger partial charge in [0.1, 0.15) is 0 Å². The van der Waals surface area contributed by atoms with Gasteiger partial charge in [0.05, 0.1) is 11.4 Å². The summed E-state index contributed by atoms with van der Waals surface area (Å²) in [5.41, 5.74) is 5.19. The van der Waals surface area contributed by atoms with Crippen LogP contribution in [0.1, 0.15) is 13.8 Å². The smallest absolute Gasteiger partial charge is 0.221 e. The minimum atomic E-state index is -0.107. The summed E-state index contributed by atoms with van der Waals surface area (Å²) in [6, 6.07) is 16.7. The van der Waals surface area contributed by atoms with Crippen LogP contribution < -0.4 is 10.7 Å². The van der Waals surface area contributed by atoms with Gasteiger partial charge in [-0.15, -0.1) is 10.2 Å². The molecule has 2 rings (SSSR count). The fraction of sp³-hybridized carbons (Fsp3) is 0.125. The molecule has 112 valence electrons. The molecule has 0 fully saturated rings. The number of hydrogen-bond donors (Lipinski definition) is 2. The Hall–Kier alpha value is -3.02. The highest BCUT2D eigenvalue weighted by Gasteiger charge is 1.96. The van der Waals surface area contributed by atoms with Crippen LogP contribution in [0.3, 0.4) is 0 Å². The molecule has 6 nitrogen and oxygen atoms in total. The molecule has 0 aliphatic rings. The van der Waals surface area contributed by atoms with Crippen LogP contribution in [0.4, 0.5) is 17.1 Å². The summed E-state index contributed by atoms with van der Waals surface area (Å²) in [4.78, 5) is 10.9. The van der Waals surface area contributed by atoms with Gasteiger partial charge in [-0.3, -0.25) is 10.2 Å². The zero-order valence-electron chi connectivity index (χ0n) is 12.4. The number of para-hydroxylation sites is 1. The number of carbonyl (C=O) groups excluding carboxylic acids is 1. The number of amidine groups is 1. The van der Waals surface area contributed by atoms with Gasteiger partial charge in [0.2, 0.25) is 5.91 Å². The first kappa shape index (κ1) is 15.4. The molecular formula is C16H17N5O. The number of azo groups is 1. The van der Waals surface area contributed by atoms with Gasteiger partial charge in [0.25, 0.3) is 0 Å². The van der Waals surface area contributed by atoms with E-state index in [1.54, 1.807) is 31.2 Å². The van der Waals surface area contributed by atoms with Gasteiger partial charge in [-0.25, -0.2) is 0 Å². The van der Waals surface area contributed by atoms with Crippen LogP contribution in [0.25, 0.3) is 0 Å². The fourth-order valence-corrected chi connectivity index (χ4v) is 1.63. The Bertz CT molecular complexity index is 677. The average Bonchev–Trinajstić information content (AvgIpc) is 2.53. The molecule has 6 heteroatoms. The quantitative estimate of drug-likeness (QED) is 0.384. The van der Waals surface area contributed by atoms with Gasteiger partial charge in [-0.1, -0.05) is 18.2 Å². The molecule has 0 aliphatic carbocycles. The number of nitrogens with one attached hydrogen (secondary N) is 2. The van der Waals surface area contributed by atoms with Crippen LogP contribution in [0, 0.1) is 0 Å². The lowest BCUT2D eigenvalue weighted by Gasteiger charge is -2.01. The van der Waals surface area contributed by atoms with Crippen LogP contribution in [-0.4, -0.2) is 11.7 Å². The minimum absolute atomic E-state index is 0.107. The molecule has 2 N–H and O–H groups in total. The number of benzene rings is 2. The van der Waals surface area contributed by atoms with Crippen molar-refractivity contribution in [1.29, 1.82) is 0 Å². The lowest BCUT2D eigenvalue weighted by Crippen LogP contribution is -2.04. The van der Waals surface area contributed by atoms with E-state index in [0.29, 0.717) is 11.5 Å². The maximum absolute atomic E-state index is 10.9. The number of nitrogens with zero attached hydrogens (tertiary/aromatic N) is 3. The second kappa shape index (κ2) is 7.68. The van der Waals surface area contributed by atoms with Crippen molar-refractivity contribution >= 4 is 28.8 Å². The van der Waals surface area contributed by atoms with Crippen molar-refractivity contribution in [3.63, 3.8) is 0 Å². The zero-order chi connectivity index (χ0) is 15.8. The van der Waals surface area contributed by atoms with Crippen molar-refractivity contribution in [3.05, 3.63) is 54.6 Å². The molecule has 0 spiro atoms. The van der Waals surface area contributed by atoms with Crippen molar-refractivity contribution < 1.29 is 4.79 Å². The first-order chi connectivity index (χ1) is 10.6. The maximum Gasteiger partial charge on any atom is 0.221 e. The minimum Gasteiger partial charge on any atom is -0.326 e. The van der Waals surface area contributed by atoms with E-state index in [9.17, 15) is 4.79 Å². The number of amides is 1. The molecule has 0 atom stereocenters. The molecule has 0 bridgehead atoms. The van der Waals surface area contributed by atoms with Crippen molar-refractivity contribution in [2.45, 2.75) is 13.8 Å². The van der Waals surface area contributed by atoms with E-state index in [4.69, 9.17) is 0 Å². The molecular weight excluding hydrogens is 278 g/mol. The van der Waals surface area contributed by atoms with Crippen molar-refractivity contribution in [2.24, 2.45) is 15.3 Å². The van der Waals surface area contributed by atoms with E-state index in [2.05, 4.69) is 26.1 Å². The topological polar surface area (TPSA) is 78.2 Å². The number of hydrazone groups is 1. The summed E-state index contributed by atoms with van der Waals surface area (Å²) >= 11 is 0. The third kappa shape index (κ3) is 5.16. The monoisotopic (exact) mass is 295 g/mol. The van der Waals surface area contributed by atoms with E-state index in [1.165, 1.54) is 6.92 Å². The molecule has 0 radical (unpaired) electrons. The molecule has 0 saturated heterocycles. The van der Waals surface area contributed by atoms with Crippen LogP contribution in [0.15, 0.2) is 69.9 Å². The van der Waals surface area contributed by atoms with Gasteiger partial charge in [-0.05, 0) is 43.3 Å². The predicted octanol–water partition coefficient (Wildman–Crippen LogP) is 4.17. The zero-order valence-corrected chi connectivity index (χ0v) is 12.4. The summed E-state index contributed by atoms with van der Waals surface area (Å²) in [7, 11) is 0. The van der Waals surface area contributed by atoms with Crippen LogP contribution in [-0.2, 0) is 4.79 Å². The van der Waals surface area contributed by atoms with E-state index in [1.807, 2.05) is 30.3 Å². The number of hydrogen-bond acceptors (Lipinski definition) is 4. The number of carbonyl (C=O) groups is 1. The van der Waals surface area contributed by atoms with Crippen molar-refractivity contribution in [1.82, 2.24) is 0 Å². The standard InChI is InChI=1S/C16H17N5O/c1-12(18-20-15-6-4-3-5-7-15)19-21-16-10-8-14(9-11-16)17-13(2)22/h3-11,20H,1-2H3,(H,17,22). The van der Waals surface area contributed by atoms with Gasteiger partial charge < -0.3 is 5.32 Å². The lowest BCUT2D eigenvalue weighted by atomic mass is 10.3. The predicted molar refractivity (Wildman–Crippen MR) is 88.4 cm³/mol. The lowest BCUT2D eigenvalue weighted by molar-refractivity contribution is -0.114. The van der Waals surface area contributed by atoms with Gasteiger partial charge >= 0.3 is 0 Å². The highest BCUT2D eigenvalue weighted by molar-refractivity contribution is 5.88. The molecule has 0 saturated carbocycles. The first-order valence-corrected chi connectivity index (χ1v) is 6.78. The highest BCUT2D eigenvalue weighted by atomic mass is 16.1. The molecule has 0 heterocycles. The molecule has 2 aromatic carbocycles. The van der Waals surface area contributed by atoms with E-state index >= 15 is 0 Å². The third-order valence-electron chi connectivity index (χ3n) is 2.62.